The normalized spacial score (nSPS) is 14.9. The molecule has 22 heavy (non-hydrogen) atoms. The first-order chi connectivity index (χ1) is 9.50. The zero-order valence-electron chi connectivity index (χ0n) is 9.45. The first kappa shape index (κ1) is 22.8. The molecular formula is C8H2F14. The molecule has 0 nitrogen and oxygen atoms in total. The van der Waals surface area contributed by atoms with E-state index in [1.54, 1.807) is 0 Å². The van der Waals surface area contributed by atoms with Gasteiger partial charge in [-0.15, -0.1) is 0 Å². The molecule has 0 aromatic rings. The molecule has 0 heterocycles. The molecule has 0 fully saturated rings. The van der Waals surface area contributed by atoms with Crippen molar-refractivity contribution in [2.24, 2.45) is 0 Å². The van der Waals surface area contributed by atoms with Crippen molar-refractivity contribution in [1.82, 2.24) is 0 Å². The van der Waals surface area contributed by atoms with E-state index in [9.17, 15) is 61.5 Å². The number of rotatable bonds is 2. The second-order valence-corrected chi connectivity index (χ2v) is 3.04. The highest BCUT2D eigenvalue weighted by molar-refractivity contribution is 5.04. The molecule has 0 rings (SSSR count). The third kappa shape index (κ3) is 6.51. The van der Waals surface area contributed by atoms with E-state index in [1.165, 1.54) is 0 Å². The van der Waals surface area contributed by atoms with Gasteiger partial charge in [-0.1, -0.05) is 0 Å². The second kappa shape index (κ2) is 7.67. The molecule has 0 saturated carbocycles. The van der Waals surface area contributed by atoms with E-state index in [4.69, 9.17) is 0 Å². The maximum absolute atomic E-state index is 11.5. The lowest BCUT2D eigenvalue weighted by atomic mass is 10.3. The minimum absolute atomic E-state index is 1.42. The summed E-state index contributed by atoms with van der Waals surface area (Å²) in [5.41, 5.74) is 0. The summed E-state index contributed by atoms with van der Waals surface area (Å²) in [6.45, 7) is 0. The topological polar surface area (TPSA) is 0 Å². The van der Waals surface area contributed by atoms with Crippen LogP contribution in [-0.2, 0) is 0 Å². The molecule has 0 N–H and O–H groups in total. The molecular weight excluding hydrogens is 362 g/mol. The maximum atomic E-state index is 11.5. The van der Waals surface area contributed by atoms with Crippen molar-refractivity contribution in [3.8, 4) is 0 Å². The highest BCUT2D eigenvalue weighted by Gasteiger charge is 2.61. The van der Waals surface area contributed by atoms with Gasteiger partial charge in [0, 0.05) is 0 Å². The Morgan fingerprint density at radius 3 is 1.23 bits per heavy atom. The van der Waals surface area contributed by atoms with Crippen molar-refractivity contribution in [1.29, 1.82) is 0 Å². The highest BCUT2D eigenvalue weighted by atomic mass is 19.4. The third-order valence-corrected chi connectivity index (χ3v) is 1.44. The molecule has 132 valence electrons. The van der Waals surface area contributed by atoms with Crippen LogP contribution in [0.15, 0.2) is 24.1 Å². The van der Waals surface area contributed by atoms with Crippen molar-refractivity contribution in [3.05, 3.63) is 24.1 Å². The SMILES string of the molecule is FC(F)=C(F)C(F)C(F)(F)F.FC=C(F)C(F)(F)C(F)(F)F. The van der Waals surface area contributed by atoms with Crippen molar-refractivity contribution in [2.75, 3.05) is 0 Å². The maximum Gasteiger partial charge on any atom is 0.460 e. The standard InChI is InChI=1S/2C4HF7/c5-1-2(6)3(7,8)4(9,10)11;5-1(3(7)8)2(6)4(9,10)11/h1H;2H. The summed E-state index contributed by atoms with van der Waals surface area (Å²) in [7, 11) is 0. The smallest absolute Gasteiger partial charge is 0.229 e. The lowest BCUT2D eigenvalue weighted by molar-refractivity contribution is -0.270. The van der Waals surface area contributed by atoms with Crippen LogP contribution in [0.3, 0.4) is 0 Å². The molecule has 0 aliphatic carbocycles. The molecule has 0 amide bonds. The van der Waals surface area contributed by atoms with Crippen LogP contribution in [0.5, 0.6) is 0 Å². The molecule has 0 aromatic carbocycles. The van der Waals surface area contributed by atoms with Gasteiger partial charge in [0.15, 0.2) is 0 Å². The minimum atomic E-state index is -6.10. The lowest BCUT2D eigenvalue weighted by Crippen LogP contribution is -2.36. The van der Waals surface area contributed by atoms with Gasteiger partial charge in [0.05, 0.1) is 0 Å². The highest BCUT2D eigenvalue weighted by Crippen LogP contribution is 2.41. The van der Waals surface area contributed by atoms with Gasteiger partial charge >= 0.3 is 24.4 Å². The van der Waals surface area contributed by atoms with Gasteiger partial charge < -0.3 is 0 Å². The van der Waals surface area contributed by atoms with Crippen LogP contribution < -0.4 is 0 Å². The Balaban J connectivity index is 0. The Kier molecular flexibility index (Phi) is 7.94. The van der Waals surface area contributed by atoms with Crippen LogP contribution in [-0.4, -0.2) is 24.4 Å². The van der Waals surface area contributed by atoms with Crippen LogP contribution in [0.25, 0.3) is 0 Å². The fourth-order valence-corrected chi connectivity index (χ4v) is 0.443. The largest absolute Gasteiger partial charge is 0.460 e. The van der Waals surface area contributed by atoms with Gasteiger partial charge in [-0.3, -0.25) is 0 Å². The predicted octanol–water partition coefficient (Wildman–Crippen LogP) is 5.93. The number of hydrogen-bond donors (Lipinski definition) is 0. The fourth-order valence-electron chi connectivity index (χ4n) is 0.443. The molecule has 0 saturated heterocycles. The number of alkyl halides is 9. The van der Waals surface area contributed by atoms with Crippen LogP contribution in [0.4, 0.5) is 61.5 Å². The quantitative estimate of drug-likeness (QED) is 0.533. The van der Waals surface area contributed by atoms with Crippen LogP contribution in [0.2, 0.25) is 0 Å². The summed E-state index contributed by atoms with van der Waals surface area (Å²) in [6.07, 6.45) is -20.7. The summed E-state index contributed by atoms with van der Waals surface area (Å²) in [4.78, 5) is 0. The first-order valence-electron chi connectivity index (χ1n) is 4.32. The average Bonchev–Trinajstić information content (AvgIpc) is 2.33. The van der Waals surface area contributed by atoms with E-state index in [0.29, 0.717) is 0 Å². The van der Waals surface area contributed by atoms with E-state index in [0.717, 1.165) is 0 Å². The molecule has 0 radical (unpaired) electrons. The van der Waals surface area contributed by atoms with E-state index >= 15 is 0 Å². The zero-order chi connectivity index (χ0) is 18.5. The van der Waals surface area contributed by atoms with E-state index < -0.39 is 48.5 Å². The molecule has 14 heteroatoms. The summed E-state index contributed by atoms with van der Waals surface area (Å²) in [6, 6.07) is 0. The van der Waals surface area contributed by atoms with E-state index in [1.807, 2.05) is 0 Å². The molecule has 1 unspecified atom stereocenters. The van der Waals surface area contributed by atoms with Gasteiger partial charge in [-0.2, -0.15) is 43.9 Å². The van der Waals surface area contributed by atoms with Crippen molar-refractivity contribution in [3.63, 3.8) is 0 Å². The Morgan fingerprint density at radius 1 is 0.773 bits per heavy atom. The molecule has 1 atom stereocenters. The lowest BCUT2D eigenvalue weighted by Gasteiger charge is -2.16. The molecule has 0 aromatic heterocycles. The second-order valence-electron chi connectivity index (χ2n) is 3.04. The van der Waals surface area contributed by atoms with Gasteiger partial charge in [-0.05, 0) is 0 Å². The summed E-state index contributed by atoms with van der Waals surface area (Å²) in [5, 5.41) is 0. The first-order valence-corrected chi connectivity index (χ1v) is 4.32. The van der Waals surface area contributed by atoms with Gasteiger partial charge in [-0.25, -0.2) is 17.6 Å². The molecule has 0 aliphatic heterocycles. The Hall–Kier alpha value is -1.50. The zero-order valence-corrected chi connectivity index (χ0v) is 9.45. The van der Waals surface area contributed by atoms with Gasteiger partial charge in [0.1, 0.15) is 6.33 Å². The van der Waals surface area contributed by atoms with Crippen LogP contribution in [0, 0.1) is 0 Å². The van der Waals surface area contributed by atoms with Crippen molar-refractivity contribution >= 4 is 0 Å². The van der Waals surface area contributed by atoms with E-state index in [2.05, 4.69) is 0 Å². The van der Waals surface area contributed by atoms with Gasteiger partial charge in [0.2, 0.25) is 11.7 Å². The number of hydrogen-bond acceptors (Lipinski definition) is 0. The summed E-state index contributed by atoms with van der Waals surface area (Å²) in [5.74, 6) is -12.0. The number of allylic oxidation sites excluding steroid dienone is 2. The molecule has 0 aliphatic rings. The monoisotopic (exact) mass is 364 g/mol. The molecule has 0 spiro atoms. The average molecular weight is 364 g/mol. The summed E-state index contributed by atoms with van der Waals surface area (Å²) >= 11 is 0. The fraction of sp³-hybridized carbons (Fsp3) is 0.500. The third-order valence-electron chi connectivity index (χ3n) is 1.44. The predicted molar refractivity (Wildman–Crippen MR) is 42.6 cm³/mol. The van der Waals surface area contributed by atoms with Crippen LogP contribution >= 0.6 is 0 Å². The summed E-state index contributed by atoms with van der Waals surface area (Å²) < 4.78 is 157. The van der Waals surface area contributed by atoms with Crippen LogP contribution in [0.1, 0.15) is 0 Å². The minimum Gasteiger partial charge on any atom is -0.229 e. The number of halogens is 14. The van der Waals surface area contributed by atoms with Gasteiger partial charge in [0.25, 0.3) is 6.17 Å². The molecule has 0 bridgehead atoms. The van der Waals surface area contributed by atoms with E-state index in [-0.39, 0.29) is 0 Å². The Bertz CT molecular complexity index is 406. The Labute approximate surface area is 111 Å². The van der Waals surface area contributed by atoms with Crippen molar-refractivity contribution < 1.29 is 61.5 Å². The van der Waals surface area contributed by atoms with Crippen molar-refractivity contribution in [2.45, 2.75) is 24.4 Å². The Morgan fingerprint density at radius 2 is 1.14 bits per heavy atom.